The lowest BCUT2D eigenvalue weighted by molar-refractivity contribution is -0.384. The van der Waals surface area contributed by atoms with E-state index in [4.69, 9.17) is 0 Å². The van der Waals surface area contributed by atoms with Crippen LogP contribution < -0.4 is 10.2 Å². The van der Waals surface area contributed by atoms with Crippen LogP contribution in [-0.4, -0.2) is 29.1 Å². The Morgan fingerprint density at radius 2 is 1.86 bits per heavy atom. The van der Waals surface area contributed by atoms with Gasteiger partial charge in [0.05, 0.1) is 15.5 Å². The maximum Gasteiger partial charge on any atom is 0.269 e. The monoisotopic (exact) mass is 410 g/mol. The summed E-state index contributed by atoms with van der Waals surface area (Å²) in [7, 11) is 0. The number of rotatable bonds is 6. The van der Waals surface area contributed by atoms with Gasteiger partial charge in [-0.05, 0) is 67.9 Å². The van der Waals surface area contributed by atoms with Gasteiger partial charge in [0.2, 0.25) is 0 Å². The van der Waals surface area contributed by atoms with Gasteiger partial charge in [-0.2, -0.15) is 0 Å². The molecule has 1 fully saturated rings. The third-order valence-corrected chi connectivity index (χ3v) is 5.49. The minimum Gasteiger partial charge on any atom is -0.372 e. The number of amidine groups is 1. The van der Waals surface area contributed by atoms with Crippen molar-refractivity contribution in [1.82, 2.24) is 5.32 Å². The van der Waals surface area contributed by atoms with Crippen molar-refractivity contribution in [1.29, 1.82) is 0 Å². The molecule has 1 saturated heterocycles. The van der Waals surface area contributed by atoms with Gasteiger partial charge in [-0.15, -0.1) is 0 Å². The Morgan fingerprint density at radius 1 is 1.17 bits per heavy atom. The Balaban J connectivity index is 1.78. The maximum absolute atomic E-state index is 12.3. The normalized spacial score (nSPS) is 16.3. The number of amides is 1. The van der Waals surface area contributed by atoms with Crippen molar-refractivity contribution >= 4 is 46.0 Å². The van der Waals surface area contributed by atoms with E-state index in [0.29, 0.717) is 21.3 Å². The first-order chi connectivity index (χ1) is 13.9. The molecule has 150 valence electrons. The summed E-state index contributed by atoms with van der Waals surface area (Å²) in [5.41, 5.74) is 3.36. The van der Waals surface area contributed by atoms with Gasteiger partial charge in [0.25, 0.3) is 11.6 Å². The molecule has 2 aromatic carbocycles. The van der Waals surface area contributed by atoms with Crippen LogP contribution in [0, 0.1) is 17.0 Å². The predicted molar refractivity (Wildman–Crippen MR) is 119 cm³/mol. The molecule has 1 aliphatic heterocycles. The number of nitrogens with zero attached hydrogens (tertiary/aromatic N) is 3. The highest BCUT2D eigenvalue weighted by Crippen LogP contribution is 2.30. The molecule has 3 rings (SSSR count). The summed E-state index contributed by atoms with van der Waals surface area (Å²) < 4.78 is 0. The molecule has 0 spiro atoms. The highest BCUT2D eigenvalue weighted by molar-refractivity contribution is 8.18. The average Bonchev–Trinajstić information content (AvgIpc) is 3.04. The van der Waals surface area contributed by atoms with Crippen molar-refractivity contribution < 1.29 is 9.72 Å². The maximum atomic E-state index is 12.3. The number of hydrogen-bond acceptors (Lipinski definition) is 6. The Labute approximate surface area is 173 Å². The number of nitro benzene ring substituents is 1. The minimum absolute atomic E-state index is 0.0169. The molecule has 0 aliphatic carbocycles. The van der Waals surface area contributed by atoms with E-state index in [1.807, 2.05) is 30.3 Å². The lowest BCUT2D eigenvalue weighted by atomic mass is 10.1. The molecule has 1 heterocycles. The standard InChI is InChI=1S/C21H22N4O3S/c1-4-24(5-2)16-8-6-15(7-9-16)13-19-20(26)23-21(29-19)22-18-11-10-17(25(27)28)12-14(18)3/h6-13H,4-5H2,1-3H3,(H,22,23,26)/b19-13+. The molecule has 0 aromatic heterocycles. The summed E-state index contributed by atoms with van der Waals surface area (Å²) in [6.45, 7) is 7.87. The lowest BCUT2D eigenvalue weighted by Crippen LogP contribution is -2.21. The smallest absolute Gasteiger partial charge is 0.269 e. The number of aryl methyl sites for hydroxylation is 1. The number of aliphatic imine (C=N–C) groups is 1. The topological polar surface area (TPSA) is 87.8 Å². The van der Waals surface area contributed by atoms with Crippen LogP contribution in [-0.2, 0) is 4.79 Å². The third-order valence-electron chi connectivity index (χ3n) is 4.58. The van der Waals surface area contributed by atoms with Crippen LogP contribution in [0.15, 0.2) is 52.4 Å². The molecule has 0 bridgehead atoms. The van der Waals surface area contributed by atoms with Crippen LogP contribution in [0.25, 0.3) is 6.08 Å². The van der Waals surface area contributed by atoms with E-state index in [0.717, 1.165) is 24.3 Å². The zero-order chi connectivity index (χ0) is 21.0. The van der Waals surface area contributed by atoms with Gasteiger partial charge in [0.15, 0.2) is 5.17 Å². The number of carbonyl (C=O) groups is 1. The summed E-state index contributed by atoms with van der Waals surface area (Å²) in [5, 5.41) is 14.1. The number of nitro groups is 1. The van der Waals surface area contributed by atoms with Crippen molar-refractivity contribution in [2.24, 2.45) is 4.99 Å². The third kappa shape index (κ3) is 4.83. The highest BCUT2D eigenvalue weighted by atomic mass is 32.2. The Hall–Kier alpha value is -3.13. The highest BCUT2D eigenvalue weighted by Gasteiger charge is 2.24. The second-order valence-corrected chi connectivity index (χ2v) is 7.50. The van der Waals surface area contributed by atoms with E-state index in [9.17, 15) is 14.9 Å². The van der Waals surface area contributed by atoms with Crippen molar-refractivity contribution in [3.05, 3.63) is 68.6 Å². The number of non-ortho nitro benzene ring substituents is 1. The summed E-state index contributed by atoms with van der Waals surface area (Å²) in [6, 6.07) is 12.5. The van der Waals surface area contributed by atoms with Crippen molar-refractivity contribution in [3.63, 3.8) is 0 Å². The Kier molecular flexibility index (Phi) is 6.33. The SMILES string of the molecule is CCN(CC)c1ccc(/C=C2/SC(=Nc3ccc([N+](=O)[O-])cc3C)NC2=O)cc1. The van der Waals surface area contributed by atoms with Crippen molar-refractivity contribution in [2.75, 3.05) is 18.0 Å². The van der Waals surface area contributed by atoms with E-state index in [1.54, 1.807) is 13.0 Å². The van der Waals surface area contributed by atoms with Gasteiger partial charge < -0.3 is 10.2 Å². The fraction of sp³-hybridized carbons (Fsp3) is 0.238. The van der Waals surface area contributed by atoms with Gasteiger partial charge in [-0.1, -0.05) is 12.1 Å². The fourth-order valence-electron chi connectivity index (χ4n) is 2.99. The number of carbonyl (C=O) groups excluding carboxylic acids is 1. The van der Waals surface area contributed by atoms with Gasteiger partial charge in [0, 0.05) is 30.9 Å². The molecule has 2 aromatic rings. The number of anilines is 1. The van der Waals surface area contributed by atoms with E-state index >= 15 is 0 Å². The second-order valence-electron chi connectivity index (χ2n) is 6.47. The summed E-state index contributed by atoms with van der Waals surface area (Å²) in [5.74, 6) is -0.207. The van der Waals surface area contributed by atoms with Gasteiger partial charge in [0.1, 0.15) is 0 Å². The Morgan fingerprint density at radius 3 is 2.45 bits per heavy atom. The van der Waals surface area contributed by atoms with Crippen LogP contribution in [0.3, 0.4) is 0 Å². The van der Waals surface area contributed by atoms with Crippen molar-refractivity contribution in [3.8, 4) is 0 Å². The fourth-order valence-corrected chi connectivity index (χ4v) is 3.82. The van der Waals surface area contributed by atoms with Crippen LogP contribution >= 0.6 is 11.8 Å². The first-order valence-corrected chi connectivity index (χ1v) is 10.1. The zero-order valence-electron chi connectivity index (χ0n) is 16.5. The summed E-state index contributed by atoms with van der Waals surface area (Å²) in [6.07, 6.45) is 1.83. The minimum atomic E-state index is -0.442. The quantitative estimate of drug-likeness (QED) is 0.426. The molecular weight excluding hydrogens is 388 g/mol. The summed E-state index contributed by atoms with van der Waals surface area (Å²) in [4.78, 5) is 30.0. The molecule has 0 atom stereocenters. The molecule has 29 heavy (non-hydrogen) atoms. The van der Waals surface area contributed by atoms with E-state index in [-0.39, 0.29) is 11.6 Å². The van der Waals surface area contributed by atoms with Gasteiger partial charge in [-0.25, -0.2) is 4.99 Å². The average molecular weight is 410 g/mol. The lowest BCUT2D eigenvalue weighted by Gasteiger charge is -2.20. The molecule has 8 heteroatoms. The first-order valence-electron chi connectivity index (χ1n) is 9.31. The molecule has 1 aliphatic rings. The molecule has 1 N–H and O–H groups in total. The molecule has 7 nitrogen and oxygen atoms in total. The number of thioether (sulfide) groups is 1. The molecule has 1 amide bonds. The van der Waals surface area contributed by atoms with E-state index < -0.39 is 4.92 Å². The largest absolute Gasteiger partial charge is 0.372 e. The number of hydrogen-bond donors (Lipinski definition) is 1. The zero-order valence-corrected chi connectivity index (χ0v) is 17.3. The summed E-state index contributed by atoms with van der Waals surface area (Å²) >= 11 is 1.25. The van der Waals surface area contributed by atoms with Crippen LogP contribution in [0.1, 0.15) is 25.0 Å². The number of benzene rings is 2. The van der Waals surface area contributed by atoms with Gasteiger partial charge >= 0.3 is 0 Å². The van der Waals surface area contributed by atoms with E-state index in [2.05, 4.69) is 29.1 Å². The van der Waals surface area contributed by atoms with E-state index in [1.165, 1.54) is 23.9 Å². The molecule has 0 unspecified atom stereocenters. The molecule has 0 radical (unpaired) electrons. The van der Waals surface area contributed by atoms with Crippen LogP contribution in [0.4, 0.5) is 17.1 Å². The second kappa shape index (κ2) is 8.91. The van der Waals surface area contributed by atoms with Gasteiger partial charge in [-0.3, -0.25) is 14.9 Å². The van der Waals surface area contributed by atoms with Crippen LogP contribution in [0.2, 0.25) is 0 Å². The van der Waals surface area contributed by atoms with Crippen molar-refractivity contribution in [2.45, 2.75) is 20.8 Å². The predicted octanol–water partition coefficient (Wildman–Crippen LogP) is 4.64. The Bertz CT molecular complexity index is 995. The molecule has 0 saturated carbocycles. The number of nitrogens with one attached hydrogen (secondary N) is 1. The first kappa shape index (κ1) is 20.6. The van der Waals surface area contributed by atoms with Crippen LogP contribution in [0.5, 0.6) is 0 Å². The molecular formula is C21H22N4O3S.